The Bertz CT molecular complexity index is 1080. The Balaban J connectivity index is 1.50. The van der Waals surface area contributed by atoms with Gasteiger partial charge in [0.1, 0.15) is 11.6 Å². The summed E-state index contributed by atoms with van der Waals surface area (Å²) in [6.07, 6.45) is 8.87. The molecule has 1 aliphatic rings. The summed E-state index contributed by atoms with van der Waals surface area (Å²) >= 11 is 0. The smallest absolute Gasteiger partial charge is 0.131 e. The van der Waals surface area contributed by atoms with Gasteiger partial charge < -0.3 is 4.74 Å². The van der Waals surface area contributed by atoms with Crippen LogP contribution in [0, 0.1) is 11.7 Å². The van der Waals surface area contributed by atoms with Crippen LogP contribution in [0.4, 0.5) is 4.39 Å². The summed E-state index contributed by atoms with van der Waals surface area (Å²) < 4.78 is 20.4. The van der Waals surface area contributed by atoms with Crippen molar-refractivity contribution in [3.8, 4) is 22.3 Å². The highest BCUT2D eigenvalue weighted by atomic mass is 19.1. The Morgan fingerprint density at radius 3 is 2.06 bits per heavy atom. The van der Waals surface area contributed by atoms with E-state index in [9.17, 15) is 0 Å². The number of halogens is 1. The molecule has 3 aromatic rings. The molecule has 4 rings (SSSR count). The summed E-state index contributed by atoms with van der Waals surface area (Å²) in [6, 6.07) is 22.0. The molecule has 3 aromatic carbocycles. The molecule has 0 heterocycles. The van der Waals surface area contributed by atoms with E-state index in [0.29, 0.717) is 17.4 Å². The van der Waals surface area contributed by atoms with Crippen molar-refractivity contribution in [1.29, 1.82) is 0 Å². The van der Waals surface area contributed by atoms with E-state index in [1.807, 2.05) is 49.4 Å². The molecule has 2 heteroatoms. The standard InChI is InChI=1S/C30H31FO/c1-4-21-6-8-22(9-7-21)23-10-14-25(15-11-23)28-19-18-27(20-29(28)31)24-12-16-26(17-13-24)30(5-2)32-3/h4-5,10-22H,1,6-9H2,2-3H3/b30-5+/t21-,22-. The highest BCUT2D eigenvalue weighted by Gasteiger charge is 2.20. The molecule has 32 heavy (non-hydrogen) atoms. The third-order valence-corrected chi connectivity index (χ3v) is 6.75. The van der Waals surface area contributed by atoms with Crippen LogP contribution in [0.2, 0.25) is 0 Å². The molecule has 0 aliphatic heterocycles. The highest BCUT2D eigenvalue weighted by molar-refractivity contribution is 5.72. The predicted octanol–water partition coefficient (Wildman–Crippen LogP) is 8.63. The van der Waals surface area contributed by atoms with Crippen molar-refractivity contribution in [2.24, 2.45) is 5.92 Å². The Morgan fingerprint density at radius 1 is 0.875 bits per heavy atom. The average molecular weight is 427 g/mol. The number of methoxy groups -OCH3 is 1. The van der Waals surface area contributed by atoms with E-state index in [1.165, 1.54) is 31.2 Å². The third-order valence-electron chi connectivity index (χ3n) is 6.75. The first-order chi connectivity index (χ1) is 15.6. The minimum atomic E-state index is -0.197. The van der Waals surface area contributed by atoms with E-state index in [0.717, 1.165) is 28.0 Å². The minimum Gasteiger partial charge on any atom is -0.496 e. The van der Waals surface area contributed by atoms with Crippen LogP contribution in [-0.4, -0.2) is 7.11 Å². The summed E-state index contributed by atoms with van der Waals surface area (Å²) in [5, 5.41) is 0. The van der Waals surface area contributed by atoms with E-state index in [4.69, 9.17) is 4.74 Å². The second-order valence-corrected chi connectivity index (χ2v) is 8.60. The lowest BCUT2D eigenvalue weighted by Crippen LogP contribution is -2.11. The molecule has 0 radical (unpaired) electrons. The molecule has 0 aromatic heterocycles. The van der Waals surface area contributed by atoms with E-state index >= 15 is 4.39 Å². The number of rotatable bonds is 6. The van der Waals surface area contributed by atoms with E-state index in [2.05, 4.69) is 36.9 Å². The molecule has 0 spiro atoms. The molecule has 0 atom stereocenters. The van der Waals surface area contributed by atoms with Gasteiger partial charge >= 0.3 is 0 Å². The quantitative estimate of drug-likeness (QED) is 0.283. The monoisotopic (exact) mass is 426 g/mol. The Morgan fingerprint density at radius 2 is 1.50 bits per heavy atom. The molecule has 0 bridgehead atoms. The number of hydrogen-bond acceptors (Lipinski definition) is 1. The van der Waals surface area contributed by atoms with Crippen molar-refractivity contribution in [2.45, 2.75) is 38.5 Å². The van der Waals surface area contributed by atoms with Gasteiger partial charge in [0.15, 0.2) is 0 Å². The van der Waals surface area contributed by atoms with Crippen LogP contribution in [0.25, 0.3) is 28.0 Å². The van der Waals surface area contributed by atoms with Gasteiger partial charge in [-0.3, -0.25) is 0 Å². The molecule has 0 amide bonds. The molecule has 0 saturated heterocycles. The average Bonchev–Trinajstić information content (AvgIpc) is 2.85. The highest BCUT2D eigenvalue weighted by Crippen LogP contribution is 2.37. The molecule has 1 saturated carbocycles. The number of ether oxygens (including phenoxy) is 1. The summed E-state index contributed by atoms with van der Waals surface area (Å²) in [5.74, 6) is 1.91. The minimum absolute atomic E-state index is 0.197. The Hall–Kier alpha value is -3.13. The molecule has 164 valence electrons. The van der Waals surface area contributed by atoms with E-state index in [-0.39, 0.29) is 5.82 Å². The topological polar surface area (TPSA) is 9.23 Å². The van der Waals surface area contributed by atoms with Gasteiger partial charge in [0.05, 0.1) is 7.11 Å². The van der Waals surface area contributed by atoms with Gasteiger partial charge in [0, 0.05) is 11.1 Å². The van der Waals surface area contributed by atoms with Crippen LogP contribution >= 0.6 is 0 Å². The zero-order valence-electron chi connectivity index (χ0n) is 19.0. The van der Waals surface area contributed by atoms with E-state index < -0.39 is 0 Å². The van der Waals surface area contributed by atoms with Crippen molar-refractivity contribution in [3.05, 3.63) is 102 Å². The molecular weight excluding hydrogens is 395 g/mol. The molecule has 1 nitrogen and oxygen atoms in total. The predicted molar refractivity (Wildman–Crippen MR) is 133 cm³/mol. The number of allylic oxidation sites excluding steroid dienone is 2. The Kier molecular flexibility index (Phi) is 6.90. The first kappa shape index (κ1) is 22.1. The van der Waals surface area contributed by atoms with Gasteiger partial charge in [0.2, 0.25) is 0 Å². The van der Waals surface area contributed by atoms with E-state index in [1.54, 1.807) is 13.2 Å². The molecule has 0 unspecified atom stereocenters. The van der Waals surface area contributed by atoms with Crippen molar-refractivity contribution in [3.63, 3.8) is 0 Å². The van der Waals surface area contributed by atoms with Gasteiger partial charge in [-0.05, 0) is 78.8 Å². The first-order valence-corrected chi connectivity index (χ1v) is 11.5. The summed E-state index contributed by atoms with van der Waals surface area (Å²) in [6.45, 7) is 5.88. The normalized spacial score (nSPS) is 18.9. The van der Waals surface area contributed by atoms with Crippen LogP contribution in [0.3, 0.4) is 0 Å². The van der Waals surface area contributed by atoms with Gasteiger partial charge in [-0.15, -0.1) is 6.58 Å². The molecule has 1 fully saturated rings. The lowest BCUT2D eigenvalue weighted by molar-refractivity contribution is 0.369. The third kappa shape index (κ3) is 4.70. The fourth-order valence-electron chi connectivity index (χ4n) is 4.78. The van der Waals surface area contributed by atoms with Gasteiger partial charge in [0.25, 0.3) is 0 Å². The lowest BCUT2D eigenvalue weighted by atomic mass is 9.78. The molecular formula is C30H31FO. The van der Waals surface area contributed by atoms with Gasteiger partial charge in [-0.25, -0.2) is 4.39 Å². The summed E-state index contributed by atoms with van der Waals surface area (Å²) in [4.78, 5) is 0. The maximum atomic E-state index is 15.0. The number of hydrogen-bond donors (Lipinski definition) is 0. The zero-order valence-corrected chi connectivity index (χ0v) is 19.0. The van der Waals surface area contributed by atoms with Gasteiger partial charge in [-0.2, -0.15) is 0 Å². The largest absolute Gasteiger partial charge is 0.496 e. The van der Waals surface area contributed by atoms with Crippen LogP contribution in [0.5, 0.6) is 0 Å². The van der Waals surface area contributed by atoms with Crippen molar-refractivity contribution in [2.75, 3.05) is 7.11 Å². The fraction of sp³-hybridized carbons (Fsp3) is 0.267. The van der Waals surface area contributed by atoms with Crippen LogP contribution in [0.1, 0.15) is 49.7 Å². The van der Waals surface area contributed by atoms with Gasteiger partial charge in [-0.1, -0.05) is 66.7 Å². The van der Waals surface area contributed by atoms with Crippen molar-refractivity contribution < 1.29 is 9.13 Å². The fourth-order valence-corrected chi connectivity index (χ4v) is 4.78. The summed E-state index contributed by atoms with van der Waals surface area (Å²) in [5.41, 5.74) is 5.79. The van der Waals surface area contributed by atoms with Crippen LogP contribution < -0.4 is 0 Å². The molecule has 0 N–H and O–H groups in total. The van der Waals surface area contributed by atoms with Crippen LogP contribution in [0.15, 0.2) is 85.5 Å². The lowest BCUT2D eigenvalue weighted by Gasteiger charge is -2.27. The number of benzene rings is 3. The first-order valence-electron chi connectivity index (χ1n) is 11.5. The summed E-state index contributed by atoms with van der Waals surface area (Å²) in [7, 11) is 1.66. The maximum Gasteiger partial charge on any atom is 0.131 e. The second kappa shape index (κ2) is 9.99. The van der Waals surface area contributed by atoms with Crippen LogP contribution in [-0.2, 0) is 4.74 Å². The Labute approximate surface area is 191 Å². The SMILES string of the molecule is C=C[C@H]1CC[C@H](c2ccc(-c3ccc(-c4ccc(/C(=C\C)OC)cc4)cc3F)cc2)CC1. The second-order valence-electron chi connectivity index (χ2n) is 8.60. The maximum absolute atomic E-state index is 15.0. The van der Waals surface area contributed by atoms with Crippen molar-refractivity contribution in [1.82, 2.24) is 0 Å². The molecule has 1 aliphatic carbocycles. The zero-order chi connectivity index (χ0) is 22.5. The van der Waals surface area contributed by atoms with Crippen molar-refractivity contribution >= 4 is 5.76 Å².